The van der Waals surface area contributed by atoms with Crippen LogP contribution in [0.15, 0.2) is 58.8 Å². The van der Waals surface area contributed by atoms with Gasteiger partial charge >= 0.3 is 5.97 Å². The van der Waals surface area contributed by atoms with Crippen LogP contribution in [0.4, 0.5) is 0 Å². The van der Waals surface area contributed by atoms with Crippen LogP contribution in [-0.4, -0.2) is 44.9 Å². The molecular formula is C22H27BrO6. The van der Waals surface area contributed by atoms with E-state index in [1.807, 2.05) is 24.3 Å². The summed E-state index contributed by atoms with van der Waals surface area (Å²) >= 11 is 3.42. The Morgan fingerprint density at radius 1 is 1.38 bits per heavy atom. The Balaban J connectivity index is 1.77. The van der Waals surface area contributed by atoms with Gasteiger partial charge in [-0.1, -0.05) is 40.6 Å². The van der Waals surface area contributed by atoms with E-state index in [-0.39, 0.29) is 0 Å². The Morgan fingerprint density at radius 2 is 2.17 bits per heavy atom. The van der Waals surface area contributed by atoms with Crippen LogP contribution >= 0.6 is 15.9 Å². The molecule has 29 heavy (non-hydrogen) atoms. The number of hydrogen-bond donors (Lipinski definition) is 4. The van der Waals surface area contributed by atoms with E-state index in [0.29, 0.717) is 18.4 Å². The number of aliphatic hydroxyl groups excluding tert-OH is 1. The van der Waals surface area contributed by atoms with Gasteiger partial charge in [0.25, 0.3) is 5.79 Å². The second-order valence-corrected chi connectivity index (χ2v) is 8.04. The largest absolute Gasteiger partial charge is 0.493 e. The maximum absolute atomic E-state index is 10.7. The van der Waals surface area contributed by atoms with Crippen molar-refractivity contribution in [1.29, 1.82) is 0 Å². The number of benzene rings is 1. The first-order chi connectivity index (χ1) is 13.8. The van der Waals surface area contributed by atoms with Gasteiger partial charge in [-0.15, -0.1) is 5.73 Å². The van der Waals surface area contributed by atoms with Crippen LogP contribution in [0, 0.1) is 11.8 Å². The van der Waals surface area contributed by atoms with E-state index < -0.39 is 17.9 Å². The Labute approximate surface area is 179 Å². The second kappa shape index (κ2) is 11.3. The summed E-state index contributed by atoms with van der Waals surface area (Å²) in [5.74, 6) is -3.38. The predicted octanol–water partition coefficient (Wildman–Crippen LogP) is 3.42. The quantitative estimate of drug-likeness (QED) is 0.182. The number of ether oxygens (including phenoxy) is 1. The lowest BCUT2D eigenvalue weighted by atomic mass is 9.92. The standard InChI is InChI=1S/C22H27BrO6/c23-18-11-6-12-19(15-18)29-14-4-3-8-17-10-5-9-16(17)7-1-2-13-20(24)22(27,28)21(25)26/h1,3,6,8,11-13,15-17,20,24,27-28H,4-5,7,9-10,14H2,(H,25,26)/b8-3+/t2?,16-,17-,20?/m0/s1. The van der Waals surface area contributed by atoms with Gasteiger partial charge in [-0.3, -0.25) is 0 Å². The number of aliphatic hydroxyl groups is 3. The summed E-state index contributed by atoms with van der Waals surface area (Å²) in [6.45, 7) is 0.610. The maximum atomic E-state index is 10.7. The molecular weight excluding hydrogens is 440 g/mol. The third-order valence-electron chi connectivity index (χ3n) is 4.97. The van der Waals surface area contributed by atoms with Gasteiger partial charge in [0.05, 0.1) is 6.61 Å². The fraction of sp³-hybridized carbons (Fsp3) is 0.455. The van der Waals surface area contributed by atoms with Crippen molar-refractivity contribution in [2.75, 3.05) is 6.61 Å². The van der Waals surface area contributed by atoms with E-state index >= 15 is 0 Å². The van der Waals surface area contributed by atoms with Crippen LogP contribution in [0.2, 0.25) is 0 Å². The van der Waals surface area contributed by atoms with Crippen molar-refractivity contribution in [3.05, 3.63) is 58.8 Å². The first kappa shape index (κ1) is 23.4. The molecule has 7 heteroatoms. The summed E-state index contributed by atoms with van der Waals surface area (Å²) < 4.78 is 6.70. The number of rotatable bonds is 10. The summed E-state index contributed by atoms with van der Waals surface area (Å²) in [5, 5.41) is 36.6. The van der Waals surface area contributed by atoms with Gasteiger partial charge in [-0.05, 0) is 67.9 Å². The molecule has 1 aliphatic carbocycles. The molecule has 0 radical (unpaired) electrons. The lowest BCUT2D eigenvalue weighted by molar-refractivity contribution is -0.227. The third kappa shape index (κ3) is 7.46. The van der Waals surface area contributed by atoms with E-state index in [1.165, 1.54) is 0 Å². The van der Waals surface area contributed by atoms with Gasteiger partial charge < -0.3 is 25.2 Å². The first-order valence-corrected chi connectivity index (χ1v) is 10.4. The van der Waals surface area contributed by atoms with E-state index in [4.69, 9.17) is 9.84 Å². The van der Waals surface area contributed by atoms with Crippen LogP contribution in [0.5, 0.6) is 5.75 Å². The van der Waals surface area contributed by atoms with Crippen molar-refractivity contribution in [2.45, 2.75) is 44.0 Å². The van der Waals surface area contributed by atoms with E-state index in [9.17, 15) is 20.1 Å². The molecule has 4 N–H and O–H groups in total. The lowest BCUT2D eigenvalue weighted by Gasteiger charge is -2.19. The highest BCUT2D eigenvalue weighted by molar-refractivity contribution is 9.10. The minimum atomic E-state index is -3.21. The maximum Gasteiger partial charge on any atom is 0.367 e. The van der Waals surface area contributed by atoms with Gasteiger partial charge in [-0.25, -0.2) is 4.79 Å². The number of carboxylic acid groups (broad SMARTS) is 1. The molecule has 1 fully saturated rings. The monoisotopic (exact) mass is 466 g/mol. The second-order valence-electron chi connectivity index (χ2n) is 7.13. The Bertz CT molecular complexity index is 766. The average Bonchev–Trinajstić information content (AvgIpc) is 3.12. The molecule has 0 aromatic heterocycles. The molecule has 1 saturated carbocycles. The molecule has 1 aromatic rings. The summed E-state index contributed by atoms with van der Waals surface area (Å²) in [6, 6.07) is 7.74. The highest BCUT2D eigenvalue weighted by Gasteiger charge is 2.40. The van der Waals surface area contributed by atoms with Crippen LogP contribution in [-0.2, 0) is 4.79 Å². The fourth-order valence-electron chi connectivity index (χ4n) is 3.31. The minimum Gasteiger partial charge on any atom is -0.493 e. The Hall–Kier alpha value is -1.89. The molecule has 1 unspecified atom stereocenters. The van der Waals surface area contributed by atoms with Gasteiger partial charge in [0.1, 0.15) is 11.9 Å². The van der Waals surface area contributed by atoms with Crippen molar-refractivity contribution in [3.8, 4) is 5.75 Å². The number of carboxylic acids is 1. The molecule has 0 saturated heterocycles. The fourth-order valence-corrected chi connectivity index (χ4v) is 3.68. The molecule has 1 aliphatic rings. The zero-order valence-electron chi connectivity index (χ0n) is 16.1. The normalized spacial score (nSPS) is 20.3. The average molecular weight is 467 g/mol. The number of carbonyl (C=O) groups is 1. The van der Waals surface area contributed by atoms with Crippen LogP contribution in [0.25, 0.3) is 0 Å². The number of allylic oxidation sites excluding steroid dienone is 1. The van der Waals surface area contributed by atoms with Gasteiger partial charge in [0, 0.05) is 4.47 Å². The zero-order chi connectivity index (χ0) is 21.3. The SMILES string of the molecule is O=C(O)C(O)(O)C(O)C=C=CC[C@H]1CCC[C@@H]1/C=C/CCOc1cccc(Br)c1. The van der Waals surface area contributed by atoms with E-state index in [1.54, 1.807) is 6.08 Å². The van der Waals surface area contributed by atoms with E-state index in [0.717, 1.165) is 48.4 Å². The molecule has 6 nitrogen and oxygen atoms in total. The summed E-state index contributed by atoms with van der Waals surface area (Å²) in [7, 11) is 0. The smallest absolute Gasteiger partial charge is 0.367 e. The first-order valence-electron chi connectivity index (χ1n) is 9.63. The van der Waals surface area contributed by atoms with Crippen LogP contribution in [0.1, 0.15) is 32.1 Å². The summed E-state index contributed by atoms with van der Waals surface area (Å²) in [5.41, 5.74) is 2.66. The highest BCUT2D eigenvalue weighted by Crippen LogP contribution is 2.35. The molecule has 158 valence electrons. The third-order valence-corrected chi connectivity index (χ3v) is 5.46. The molecule has 2 rings (SSSR count). The molecule has 0 spiro atoms. The van der Waals surface area contributed by atoms with Gasteiger partial charge in [0.2, 0.25) is 0 Å². The highest BCUT2D eigenvalue weighted by atomic mass is 79.9. The summed E-state index contributed by atoms with van der Waals surface area (Å²) in [4.78, 5) is 10.7. The molecule has 3 atom stereocenters. The van der Waals surface area contributed by atoms with Gasteiger partial charge in [-0.2, -0.15) is 0 Å². The van der Waals surface area contributed by atoms with Crippen molar-refractivity contribution >= 4 is 21.9 Å². The molecule has 0 amide bonds. The Morgan fingerprint density at radius 3 is 2.90 bits per heavy atom. The number of aliphatic carboxylic acids is 1. The van der Waals surface area contributed by atoms with Crippen molar-refractivity contribution < 1.29 is 30.0 Å². The van der Waals surface area contributed by atoms with E-state index in [2.05, 4.69) is 33.8 Å². The minimum absolute atomic E-state index is 0.447. The van der Waals surface area contributed by atoms with Gasteiger partial charge in [0.15, 0.2) is 0 Å². The van der Waals surface area contributed by atoms with Crippen LogP contribution in [0.3, 0.4) is 0 Å². The molecule has 0 heterocycles. The Kier molecular flexibility index (Phi) is 9.14. The predicted molar refractivity (Wildman–Crippen MR) is 112 cm³/mol. The topological polar surface area (TPSA) is 107 Å². The van der Waals surface area contributed by atoms with Crippen LogP contribution < -0.4 is 4.74 Å². The number of hydrogen-bond acceptors (Lipinski definition) is 5. The summed E-state index contributed by atoms with van der Waals surface area (Å²) in [6.07, 6.45) is 9.97. The molecule has 0 aliphatic heterocycles. The van der Waals surface area contributed by atoms with Crippen molar-refractivity contribution in [1.82, 2.24) is 0 Å². The van der Waals surface area contributed by atoms with Crippen molar-refractivity contribution in [2.24, 2.45) is 11.8 Å². The molecule has 1 aromatic carbocycles. The number of halogens is 1. The lowest BCUT2D eigenvalue weighted by Crippen LogP contribution is -2.48. The van der Waals surface area contributed by atoms with Crippen molar-refractivity contribution in [3.63, 3.8) is 0 Å². The molecule has 0 bridgehead atoms. The zero-order valence-corrected chi connectivity index (χ0v) is 17.7.